The lowest BCUT2D eigenvalue weighted by molar-refractivity contribution is 0.0532. The molecule has 0 fully saturated rings. The molecule has 0 saturated carbocycles. The molecule has 0 aliphatic rings. The number of imidazole rings is 1. The summed E-state index contributed by atoms with van der Waals surface area (Å²) in [5.74, 6) is 0.283. The third-order valence-electron chi connectivity index (χ3n) is 3.08. The average Bonchev–Trinajstić information content (AvgIpc) is 2.88. The molecule has 23 heavy (non-hydrogen) atoms. The first-order valence-electron chi connectivity index (χ1n) is 7.48. The molecule has 0 aliphatic carbocycles. The largest absolute Gasteiger partial charge is 0.443 e. The Hall–Kier alpha value is -2.43. The molecule has 1 aromatic heterocycles. The Morgan fingerprint density at radius 1 is 1.35 bits per heavy atom. The number of halogens is 1. The van der Waals surface area contributed by atoms with E-state index in [1.807, 2.05) is 20.8 Å². The second kappa shape index (κ2) is 6.77. The fourth-order valence-electron chi connectivity index (χ4n) is 2.06. The minimum atomic E-state index is -0.590. The Labute approximate surface area is 135 Å². The van der Waals surface area contributed by atoms with Crippen molar-refractivity contribution in [1.29, 1.82) is 0 Å². The Morgan fingerprint density at radius 3 is 2.57 bits per heavy atom. The standard InChI is InChI=1S/C18H21FN2O2/c1-5-6-7-16-20-15(13-8-10-14(19)11-9-13)12-21(16)17(22)23-18(2,3)4/h5,8-12H,1,6-7H2,2-4H3. The summed E-state index contributed by atoms with van der Waals surface area (Å²) >= 11 is 0. The topological polar surface area (TPSA) is 44.1 Å². The van der Waals surface area contributed by atoms with Gasteiger partial charge in [0, 0.05) is 18.2 Å². The summed E-state index contributed by atoms with van der Waals surface area (Å²) in [6.45, 7) is 9.12. The third-order valence-corrected chi connectivity index (χ3v) is 3.08. The number of ether oxygens (including phenoxy) is 1. The van der Waals surface area contributed by atoms with Crippen LogP contribution in [-0.2, 0) is 11.2 Å². The van der Waals surface area contributed by atoms with E-state index in [1.54, 1.807) is 24.4 Å². The van der Waals surface area contributed by atoms with E-state index < -0.39 is 11.7 Å². The zero-order chi connectivity index (χ0) is 17.0. The molecule has 5 heteroatoms. The van der Waals surface area contributed by atoms with E-state index in [1.165, 1.54) is 16.7 Å². The van der Waals surface area contributed by atoms with Crippen LogP contribution < -0.4 is 0 Å². The summed E-state index contributed by atoms with van der Waals surface area (Å²) in [5, 5.41) is 0. The molecule has 1 heterocycles. The number of carbonyl (C=O) groups is 1. The second-order valence-electron chi connectivity index (χ2n) is 6.23. The number of nitrogens with zero attached hydrogens (tertiary/aromatic N) is 2. The monoisotopic (exact) mass is 316 g/mol. The highest BCUT2D eigenvalue weighted by atomic mass is 19.1. The van der Waals surface area contributed by atoms with Gasteiger partial charge in [-0.15, -0.1) is 6.58 Å². The van der Waals surface area contributed by atoms with Gasteiger partial charge in [-0.2, -0.15) is 0 Å². The van der Waals surface area contributed by atoms with Gasteiger partial charge >= 0.3 is 6.09 Å². The molecule has 0 N–H and O–H groups in total. The quantitative estimate of drug-likeness (QED) is 0.775. The van der Waals surface area contributed by atoms with Crippen LogP contribution in [-0.4, -0.2) is 21.2 Å². The molecule has 1 aromatic carbocycles. The van der Waals surface area contributed by atoms with Gasteiger partial charge in [0.15, 0.2) is 0 Å². The van der Waals surface area contributed by atoms with E-state index in [2.05, 4.69) is 11.6 Å². The maximum Gasteiger partial charge on any atom is 0.420 e. The molecule has 122 valence electrons. The molecule has 2 aromatic rings. The molecule has 4 nitrogen and oxygen atoms in total. The lowest BCUT2D eigenvalue weighted by atomic mass is 10.2. The Morgan fingerprint density at radius 2 is 2.00 bits per heavy atom. The van der Waals surface area contributed by atoms with E-state index in [0.717, 1.165) is 5.56 Å². The van der Waals surface area contributed by atoms with Crippen LogP contribution in [0.2, 0.25) is 0 Å². The summed E-state index contributed by atoms with van der Waals surface area (Å²) in [6, 6.07) is 6.00. The van der Waals surface area contributed by atoms with Gasteiger partial charge in [0.25, 0.3) is 0 Å². The Balaban J connectivity index is 2.37. The second-order valence-corrected chi connectivity index (χ2v) is 6.23. The van der Waals surface area contributed by atoms with Gasteiger partial charge in [0.05, 0.1) is 5.69 Å². The number of hydrogen-bond donors (Lipinski definition) is 0. The van der Waals surface area contributed by atoms with E-state index >= 15 is 0 Å². The van der Waals surface area contributed by atoms with Crippen molar-refractivity contribution in [2.45, 2.75) is 39.2 Å². The van der Waals surface area contributed by atoms with Gasteiger partial charge in [-0.3, -0.25) is 0 Å². The lowest BCUT2D eigenvalue weighted by Crippen LogP contribution is -2.27. The summed E-state index contributed by atoms with van der Waals surface area (Å²) < 4.78 is 19.9. The van der Waals surface area contributed by atoms with Crippen LogP contribution in [0.5, 0.6) is 0 Å². The van der Waals surface area contributed by atoms with Crippen LogP contribution in [0.25, 0.3) is 11.3 Å². The highest BCUT2D eigenvalue weighted by molar-refractivity contribution is 5.74. The molecule has 0 aliphatic heterocycles. The van der Waals surface area contributed by atoms with Crippen molar-refractivity contribution in [2.75, 3.05) is 0 Å². The number of allylic oxidation sites excluding steroid dienone is 1. The maximum atomic E-state index is 13.1. The number of aromatic nitrogens is 2. The van der Waals surface area contributed by atoms with Crippen LogP contribution in [0.4, 0.5) is 9.18 Å². The van der Waals surface area contributed by atoms with Crippen LogP contribution in [0.15, 0.2) is 43.1 Å². The van der Waals surface area contributed by atoms with Crippen LogP contribution >= 0.6 is 0 Å². The SMILES string of the molecule is C=CCCc1nc(-c2ccc(F)cc2)cn1C(=O)OC(C)(C)C. The van der Waals surface area contributed by atoms with Gasteiger partial charge < -0.3 is 4.74 Å². The van der Waals surface area contributed by atoms with Gasteiger partial charge in [-0.25, -0.2) is 18.7 Å². The summed E-state index contributed by atoms with van der Waals surface area (Å²) in [7, 11) is 0. The fourth-order valence-corrected chi connectivity index (χ4v) is 2.06. The molecule has 2 rings (SSSR count). The molecule has 0 amide bonds. The van der Waals surface area contributed by atoms with Crippen molar-refractivity contribution in [1.82, 2.24) is 9.55 Å². The molecule has 0 spiro atoms. The Bertz CT molecular complexity index is 697. The van der Waals surface area contributed by atoms with E-state index in [9.17, 15) is 9.18 Å². The highest BCUT2D eigenvalue weighted by Crippen LogP contribution is 2.21. The van der Waals surface area contributed by atoms with Crippen molar-refractivity contribution in [3.8, 4) is 11.3 Å². The fraction of sp³-hybridized carbons (Fsp3) is 0.333. The Kier molecular flexibility index (Phi) is 4.98. The van der Waals surface area contributed by atoms with E-state index in [4.69, 9.17) is 4.74 Å². The van der Waals surface area contributed by atoms with E-state index in [0.29, 0.717) is 24.4 Å². The number of hydrogen-bond acceptors (Lipinski definition) is 3. The molecule has 0 bridgehead atoms. The normalized spacial score (nSPS) is 11.3. The van der Waals surface area contributed by atoms with Crippen molar-refractivity contribution in [3.63, 3.8) is 0 Å². The number of carbonyl (C=O) groups excluding carboxylic acids is 1. The van der Waals surface area contributed by atoms with Gasteiger partial charge in [-0.1, -0.05) is 6.08 Å². The van der Waals surface area contributed by atoms with Crippen LogP contribution in [0.3, 0.4) is 0 Å². The van der Waals surface area contributed by atoms with Gasteiger partial charge in [0.2, 0.25) is 0 Å². The lowest BCUT2D eigenvalue weighted by Gasteiger charge is -2.20. The van der Waals surface area contributed by atoms with Gasteiger partial charge in [-0.05, 0) is 51.5 Å². The number of aryl methyl sites for hydroxylation is 1. The maximum absolute atomic E-state index is 13.1. The van der Waals surface area contributed by atoms with Crippen molar-refractivity contribution in [2.24, 2.45) is 0 Å². The summed E-state index contributed by atoms with van der Waals surface area (Å²) in [6.07, 6.45) is 4.19. The molecular weight excluding hydrogens is 295 g/mol. The van der Waals surface area contributed by atoms with Crippen LogP contribution in [0.1, 0.15) is 33.0 Å². The molecule has 0 unspecified atom stereocenters. The van der Waals surface area contributed by atoms with Gasteiger partial charge in [0.1, 0.15) is 17.2 Å². The molecule has 0 radical (unpaired) electrons. The average molecular weight is 316 g/mol. The zero-order valence-corrected chi connectivity index (χ0v) is 13.7. The summed E-state index contributed by atoms with van der Waals surface area (Å²) in [4.78, 5) is 16.8. The minimum Gasteiger partial charge on any atom is -0.443 e. The smallest absolute Gasteiger partial charge is 0.420 e. The summed E-state index contributed by atoms with van der Waals surface area (Å²) in [5.41, 5.74) is 0.760. The molecular formula is C18H21FN2O2. The molecule has 0 saturated heterocycles. The molecule has 0 atom stereocenters. The van der Waals surface area contributed by atoms with E-state index in [-0.39, 0.29) is 5.82 Å². The van der Waals surface area contributed by atoms with Crippen molar-refractivity contribution >= 4 is 6.09 Å². The minimum absolute atomic E-state index is 0.313. The first kappa shape index (κ1) is 16.9. The highest BCUT2D eigenvalue weighted by Gasteiger charge is 2.21. The first-order chi connectivity index (χ1) is 10.8. The third kappa shape index (κ3) is 4.52. The number of benzene rings is 1. The predicted molar refractivity (Wildman–Crippen MR) is 87.8 cm³/mol. The first-order valence-corrected chi connectivity index (χ1v) is 7.48. The van der Waals surface area contributed by atoms with Crippen molar-refractivity contribution in [3.05, 3.63) is 54.8 Å². The van der Waals surface area contributed by atoms with Crippen LogP contribution in [0, 0.1) is 5.82 Å². The van der Waals surface area contributed by atoms with Crippen molar-refractivity contribution < 1.29 is 13.9 Å². The number of rotatable bonds is 4. The predicted octanol–water partition coefficient (Wildman–Crippen LogP) is 4.59. The zero-order valence-electron chi connectivity index (χ0n) is 13.7.